The zero-order chi connectivity index (χ0) is 15.1. The van der Waals surface area contributed by atoms with Gasteiger partial charge >= 0.3 is 0 Å². The van der Waals surface area contributed by atoms with Crippen LogP contribution >= 0.6 is 11.3 Å². The number of nitrogens with zero attached hydrogens (tertiary/aromatic N) is 1. The number of benzene rings is 1. The number of carbonyl (C=O) groups is 1. The van der Waals surface area contributed by atoms with E-state index in [1.807, 2.05) is 6.07 Å². The third-order valence-corrected chi connectivity index (χ3v) is 4.99. The van der Waals surface area contributed by atoms with Crippen molar-refractivity contribution in [3.63, 3.8) is 0 Å². The highest BCUT2D eigenvalue weighted by molar-refractivity contribution is 7.20. The molecule has 1 saturated carbocycles. The van der Waals surface area contributed by atoms with Crippen molar-refractivity contribution in [1.29, 1.82) is 0 Å². The van der Waals surface area contributed by atoms with Crippen molar-refractivity contribution in [2.75, 3.05) is 0 Å². The molecule has 3 aromatic rings. The van der Waals surface area contributed by atoms with Gasteiger partial charge in [0.25, 0.3) is 5.91 Å². The van der Waals surface area contributed by atoms with Gasteiger partial charge in [0.15, 0.2) is 0 Å². The minimum absolute atomic E-state index is 0.0801. The first-order valence-corrected chi connectivity index (χ1v) is 8.14. The van der Waals surface area contributed by atoms with Crippen molar-refractivity contribution >= 4 is 27.3 Å². The number of hydrogen-bond donors (Lipinski definition) is 1. The number of aromatic nitrogens is 1. The van der Waals surface area contributed by atoms with Crippen LogP contribution in [0.5, 0.6) is 0 Å². The summed E-state index contributed by atoms with van der Waals surface area (Å²) >= 11 is 1.52. The van der Waals surface area contributed by atoms with Gasteiger partial charge in [-0.2, -0.15) is 0 Å². The molecule has 5 heteroatoms. The molecule has 3 nitrogen and oxygen atoms in total. The molecule has 0 radical (unpaired) electrons. The summed E-state index contributed by atoms with van der Waals surface area (Å²) in [7, 11) is 0. The van der Waals surface area contributed by atoms with Gasteiger partial charge in [-0.1, -0.05) is 12.1 Å². The number of rotatable bonds is 4. The molecule has 0 saturated heterocycles. The number of hydrogen-bond acceptors (Lipinski definition) is 2. The van der Waals surface area contributed by atoms with Gasteiger partial charge < -0.3 is 9.88 Å². The number of halogens is 1. The van der Waals surface area contributed by atoms with Crippen molar-refractivity contribution in [1.82, 2.24) is 9.88 Å². The molecule has 0 bridgehead atoms. The summed E-state index contributed by atoms with van der Waals surface area (Å²) in [5.74, 6) is -0.348. The molecule has 2 heterocycles. The first-order valence-electron chi connectivity index (χ1n) is 7.33. The predicted molar refractivity (Wildman–Crippen MR) is 85.7 cm³/mol. The summed E-state index contributed by atoms with van der Waals surface area (Å²) in [6.07, 6.45) is 6.77. The van der Waals surface area contributed by atoms with E-state index in [1.54, 1.807) is 12.1 Å². The molecular weight excluding hydrogens is 299 g/mol. The van der Waals surface area contributed by atoms with E-state index in [0.29, 0.717) is 12.6 Å². The topological polar surface area (TPSA) is 34.0 Å². The molecule has 1 aromatic carbocycles. The largest absolute Gasteiger partial charge is 0.349 e. The number of fused-ring (bicyclic) bond motifs is 1. The molecule has 0 aliphatic heterocycles. The van der Waals surface area contributed by atoms with Gasteiger partial charge in [0, 0.05) is 30.4 Å². The summed E-state index contributed by atoms with van der Waals surface area (Å²) in [4.78, 5) is 12.9. The molecule has 1 fully saturated rings. The zero-order valence-electron chi connectivity index (χ0n) is 11.9. The van der Waals surface area contributed by atoms with Crippen LogP contribution in [-0.4, -0.2) is 10.5 Å². The molecule has 22 heavy (non-hydrogen) atoms. The lowest BCUT2D eigenvalue weighted by Gasteiger charge is -2.03. The summed E-state index contributed by atoms with van der Waals surface area (Å²) < 4.78 is 16.2. The van der Waals surface area contributed by atoms with Crippen LogP contribution in [0.4, 0.5) is 4.39 Å². The fourth-order valence-corrected chi connectivity index (χ4v) is 3.51. The summed E-state index contributed by atoms with van der Waals surface area (Å²) in [6, 6.07) is 8.77. The van der Waals surface area contributed by atoms with E-state index in [9.17, 15) is 9.18 Å². The third-order valence-electron chi connectivity index (χ3n) is 3.90. The lowest BCUT2D eigenvalue weighted by Crippen LogP contribution is -2.21. The number of carbonyl (C=O) groups excluding carboxylic acids is 1. The van der Waals surface area contributed by atoms with E-state index in [0.717, 1.165) is 20.5 Å². The summed E-state index contributed by atoms with van der Waals surface area (Å²) in [5, 5.41) is 4.01. The first-order chi connectivity index (χ1) is 10.7. The van der Waals surface area contributed by atoms with Crippen molar-refractivity contribution in [2.24, 2.45) is 0 Å². The van der Waals surface area contributed by atoms with Gasteiger partial charge in [-0.15, -0.1) is 11.3 Å². The highest BCUT2D eigenvalue weighted by Gasteiger charge is 2.23. The van der Waals surface area contributed by atoms with Crippen molar-refractivity contribution < 1.29 is 9.18 Å². The second kappa shape index (κ2) is 5.25. The van der Waals surface area contributed by atoms with Gasteiger partial charge in [0.1, 0.15) is 5.82 Å². The van der Waals surface area contributed by atoms with Crippen LogP contribution in [0, 0.1) is 5.82 Å². The van der Waals surface area contributed by atoms with E-state index in [4.69, 9.17) is 0 Å². The second-order valence-corrected chi connectivity index (χ2v) is 6.76. The first kappa shape index (κ1) is 13.5. The Bertz CT molecular complexity index is 799. The second-order valence-electron chi connectivity index (χ2n) is 5.68. The fraction of sp³-hybridized carbons (Fsp3) is 0.235. The predicted octanol–water partition coefficient (Wildman–Crippen LogP) is 4.11. The highest BCUT2D eigenvalue weighted by atomic mass is 32.1. The molecule has 1 amide bonds. The number of thiophene rings is 1. The zero-order valence-corrected chi connectivity index (χ0v) is 12.7. The van der Waals surface area contributed by atoms with Gasteiger partial charge in [0.05, 0.1) is 9.58 Å². The molecule has 0 unspecified atom stereocenters. The number of amides is 1. The molecule has 0 spiro atoms. The van der Waals surface area contributed by atoms with Gasteiger partial charge in [-0.05, 0) is 36.6 Å². The van der Waals surface area contributed by atoms with Crippen LogP contribution in [0.2, 0.25) is 0 Å². The maximum Gasteiger partial charge on any atom is 0.261 e. The molecule has 0 atom stereocenters. The monoisotopic (exact) mass is 314 g/mol. The standard InChI is InChI=1S/C17H15FN2OS/c18-13-3-1-11(2-4-13)8-19-17(21)15-7-12-9-20(14-5-6-14)10-16(12)22-15/h1-4,7,9-10,14H,5-6,8H2,(H,19,21). The van der Waals surface area contributed by atoms with Crippen molar-refractivity contribution in [3.8, 4) is 0 Å². The van der Waals surface area contributed by atoms with E-state index < -0.39 is 0 Å². The fourth-order valence-electron chi connectivity index (χ4n) is 2.52. The third kappa shape index (κ3) is 2.64. The Morgan fingerprint density at radius 1 is 1.27 bits per heavy atom. The molecule has 1 aliphatic rings. The van der Waals surface area contributed by atoms with E-state index >= 15 is 0 Å². The lowest BCUT2D eigenvalue weighted by atomic mass is 10.2. The molecular formula is C17H15FN2OS. The molecule has 1 N–H and O–H groups in total. The molecule has 1 aliphatic carbocycles. The Morgan fingerprint density at radius 2 is 2.05 bits per heavy atom. The normalized spacial score (nSPS) is 14.4. The smallest absolute Gasteiger partial charge is 0.261 e. The highest BCUT2D eigenvalue weighted by Crippen LogP contribution is 2.38. The Labute approximate surface area is 131 Å². The Morgan fingerprint density at radius 3 is 2.73 bits per heavy atom. The Balaban J connectivity index is 1.45. The Kier molecular flexibility index (Phi) is 3.22. The van der Waals surface area contributed by atoms with Gasteiger partial charge in [-0.3, -0.25) is 4.79 Å². The van der Waals surface area contributed by atoms with Gasteiger partial charge in [0.2, 0.25) is 0 Å². The van der Waals surface area contributed by atoms with Crippen molar-refractivity contribution in [3.05, 3.63) is 59.0 Å². The van der Waals surface area contributed by atoms with Crippen LogP contribution in [0.25, 0.3) is 10.1 Å². The van der Waals surface area contributed by atoms with Crippen LogP contribution in [-0.2, 0) is 6.54 Å². The minimum atomic E-state index is -0.268. The Hall–Kier alpha value is -2.14. The van der Waals surface area contributed by atoms with Gasteiger partial charge in [-0.25, -0.2) is 4.39 Å². The van der Waals surface area contributed by atoms with Crippen LogP contribution in [0.1, 0.15) is 34.1 Å². The molecule has 112 valence electrons. The van der Waals surface area contributed by atoms with Crippen LogP contribution in [0.3, 0.4) is 0 Å². The number of nitrogens with one attached hydrogen (secondary N) is 1. The quantitative estimate of drug-likeness (QED) is 0.772. The minimum Gasteiger partial charge on any atom is -0.349 e. The van der Waals surface area contributed by atoms with E-state index in [-0.39, 0.29) is 11.7 Å². The van der Waals surface area contributed by atoms with Crippen molar-refractivity contribution in [2.45, 2.75) is 25.4 Å². The molecule has 4 rings (SSSR count). The van der Waals surface area contributed by atoms with Crippen LogP contribution in [0.15, 0.2) is 42.7 Å². The maximum absolute atomic E-state index is 12.8. The average Bonchev–Trinajstić information content (AvgIpc) is 3.17. The summed E-state index contributed by atoms with van der Waals surface area (Å²) in [5.41, 5.74) is 0.886. The van der Waals surface area contributed by atoms with E-state index in [2.05, 4.69) is 22.3 Å². The SMILES string of the molecule is O=C(NCc1ccc(F)cc1)c1cc2cn(C3CC3)cc2s1. The average molecular weight is 314 g/mol. The summed E-state index contributed by atoms with van der Waals surface area (Å²) in [6.45, 7) is 0.406. The van der Waals surface area contributed by atoms with E-state index in [1.165, 1.54) is 36.3 Å². The maximum atomic E-state index is 12.8. The van der Waals surface area contributed by atoms with Crippen LogP contribution < -0.4 is 5.32 Å². The lowest BCUT2D eigenvalue weighted by molar-refractivity contribution is 0.0955. The molecule has 2 aromatic heterocycles.